The van der Waals surface area contributed by atoms with Crippen LogP contribution in [0, 0.1) is 0 Å². The summed E-state index contributed by atoms with van der Waals surface area (Å²) < 4.78 is 43.1. The van der Waals surface area contributed by atoms with E-state index >= 15 is 0 Å². The topological polar surface area (TPSA) is 78.8 Å². The van der Waals surface area contributed by atoms with Crippen LogP contribution in [-0.4, -0.2) is 29.0 Å². The highest BCUT2D eigenvalue weighted by Gasteiger charge is 2.31. The van der Waals surface area contributed by atoms with Gasteiger partial charge in [-0.25, -0.2) is 4.79 Å². The van der Waals surface area contributed by atoms with E-state index in [9.17, 15) is 28.2 Å². The molecule has 5 nitrogen and oxygen atoms in total. The second-order valence-corrected chi connectivity index (χ2v) is 5.91. The molecule has 2 rings (SSSR count). The number of rotatable bonds is 7. The van der Waals surface area contributed by atoms with E-state index in [2.05, 4.69) is 5.32 Å². The van der Waals surface area contributed by atoms with Crippen LogP contribution in [0.15, 0.2) is 54.6 Å². The second-order valence-electron chi connectivity index (χ2n) is 5.91. The average molecular weight is 383 g/mol. The Labute approximate surface area is 154 Å². The number of ether oxygens (including phenoxy) is 1. The molecule has 2 unspecified atom stereocenters. The summed E-state index contributed by atoms with van der Waals surface area (Å²) in [6.07, 6.45) is -8.14. The van der Waals surface area contributed by atoms with E-state index in [0.29, 0.717) is 0 Å². The number of nitrogens with one attached hydrogen (secondary N) is 1. The van der Waals surface area contributed by atoms with Crippen molar-refractivity contribution in [2.24, 2.45) is 0 Å². The van der Waals surface area contributed by atoms with Gasteiger partial charge in [-0.05, 0) is 29.7 Å². The van der Waals surface area contributed by atoms with Gasteiger partial charge in [-0.15, -0.1) is 0 Å². The molecule has 0 saturated carbocycles. The van der Waals surface area contributed by atoms with Gasteiger partial charge in [-0.2, -0.15) is 13.2 Å². The van der Waals surface area contributed by atoms with Crippen molar-refractivity contribution in [1.29, 1.82) is 0 Å². The van der Waals surface area contributed by atoms with Gasteiger partial charge in [-0.1, -0.05) is 42.5 Å². The van der Waals surface area contributed by atoms with Crippen molar-refractivity contribution in [3.05, 3.63) is 71.3 Å². The zero-order chi connectivity index (χ0) is 19.9. The van der Waals surface area contributed by atoms with Gasteiger partial charge in [0.25, 0.3) is 0 Å². The van der Waals surface area contributed by atoms with E-state index in [1.807, 2.05) is 18.2 Å². The van der Waals surface area contributed by atoms with Crippen molar-refractivity contribution < 1.29 is 32.9 Å². The fourth-order valence-corrected chi connectivity index (χ4v) is 2.38. The van der Waals surface area contributed by atoms with E-state index in [0.717, 1.165) is 23.8 Å². The van der Waals surface area contributed by atoms with E-state index < -0.39 is 30.0 Å². The van der Waals surface area contributed by atoms with E-state index in [1.54, 1.807) is 12.1 Å². The van der Waals surface area contributed by atoms with E-state index in [1.165, 1.54) is 6.07 Å². The third kappa shape index (κ3) is 6.58. The molecule has 0 fully saturated rings. The van der Waals surface area contributed by atoms with Crippen LogP contribution in [0.2, 0.25) is 0 Å². The Kier molecular flexibility index (Phi) is 7.20. The highest BCUT2D eigenvalue weighted by Crippen LogP contribution is 2.31. The summed E-state index contributed by atoms with van der Waals surface area (Å²) in [4.78, 5) is 11.6. The Morgan fingerprint density at radius 1 is 1.07 bits per heavy atom. The van der Waals surface area contributed by atoms with Crippen LogP contribution < -0.4 is 5.32 Å². The first-order valence-corrected chi connectivity index (χ1v) is 8.25. The lowest BCUT2D eigenvalue weighted by molar-refractivity contribution is -0.137. The van der Waals surface area contributed by atoms with Crippen molar-refractivity contribution in [1.82, 2.24) is 5.32 Å². The first kappa shape index (κ1) is 20.7. The zero-order valence-electron chi connectivity index (χ0n) is 14.3. The molecule has 0 heterocycles. The van der Waals surface area contributed by atoms with Crippen molar-refractivity contribution in [2.45, 2.75) is 31.4 Å². The van der Waals surface area contributed by atoms with Crippen LogP contribution in [0.1, 0.15) is 29.2 Å². The Bertz CT molecular complexity index is 737. The molecule has 8 heteroatoms. The van der Waals surface area contributed by atoms with Crippen LogP contribution in [0.5, 0.6) is 0 Å². The highest BCUT2D eigenvalue weighted by molar-refractivity contribution is 5.67. The minimum atomic E-state index is -4.54. The molecule has 3 N–H and O–H groups in total. The minimum absolute atomic E-state index is 0.00912. The maximum Gasteiger partial charge on any atom is 0.416 e. The molecule has 146 valence electrons. The number of aliphatic hydroxyl groups excluding tert-OH is 2. The van der Waals surface area contributed by atoms with E-state index in [4.69, 9.17) is 4.74 Å². The predicted octanol–water partition coefficient (Wildman–Crippen LogP) is 3.42. The molecular weight excluding hydrogens is 363 g/mol. The predicted molar refractivity (Wildman–Crippen MR) is 91.7 cm³/mol. The SMILES string of the molecule is O=C(NCCC(O)C(O)c1cccc(C(F)(F)F)c1)OCc1ccccc1. The minimum Gasteiger partial charge on any atom is -0.445 e. The van der Waals surface area contributed by atoms with Crippen LogP contribution in [0.3, 0.4) is 0 Å². The summed E-state index contributed by atoms with van der Waals surface area (Å²) in [6.45, 7) is 0.0763. The lowest BCUT2D eigenvalue weighted by Gasteiger charge is -2.19. The molecule has 0 aliphatic heterocycles. The molecule has 2 atom stereocenters. The molecule has 2 aromatic rings. The van der Waals surface area contributed by atoms with Gasteiger partial charge < -0.3 is 20.3 Å². The monoisotopic (exact) mass is 383 g/mol. The maximum absolute atomic E-state index is 12.7. The summed E-state index contributed by atoms with van der Waals surface area (Å²) in [7, 11) is 0. The first-order valence-electron chi connectivity index (χ1n) is 8.25. The summed E-state index contributed by atoms with van der Waals surface area (Å²) in [5.74, 6) is 0. The summed E-state index contributed by atoms with van der Waals surface area (Å²) in [5, 5.41) is 22.4. The molecule has 1 amide bonds. The van der Waals surface area contributed by atoms with Crippen molar-refractivity contribution in [3.8, 4) is 0 Å². The fourth-order valence-electron chi connectivity index (χ4n) is 2.38. The number of carbonyl (C=O) groups is 1. The number of hydrogen-bond donors (Lipinski definition) is 3. The van der Waals surface area contributed by atoms with Gasteiger partial charge in [-0.3, -0.25) is 0 Å². The molecule has 0 radical (unpaired) electrons. The number of hydrogen-bond acceptors (Lipinski definition) is 4. The number of halogens is 3. The summed E-state index contributed by atoms with van der Waals surface area (Å²) in [5.41, 5.74) is -0.148. The largest absolute Gasteiger partial charge is 0.445 e. The Hall–Kier alpha value is -2.58. The molecule has 0 aliphatic carbocycles. The summed E-state index contributed by atoms with van der Waals surface area (Å²) >= 11 is 0. The van der Waals surface area contributed by atoms with Gasteiger partial charge in [0.1, 0.15) is 12.7 Å². The maximum atomic E-state index is 12.7. The number of amides is 1. The number of benzene rings is 2. The lowest BCUT2D eigenvalue weighted by Crippen LogP contribution is -2.29. The van der Waals surface area contributed by atoms with Gasteiger partial charge in [0.2, 0.25) is 0 Å². The number of alkyl carbamates (subject to hydrolysis) is 1. The van der Waals surface area contributed by atoms with Crippen molar-refractivity contribution in [3.63, 3.8) is 0 Å². The zero-order valence-corrected chi connectivity index (χ0v) is 14.3. The molecule has 0 saturated heterocycles. The van der Waals surface area contributed by atoms with Gasteiger partial charge in [0.05, 0.1) is 11.7 Å². The molecule has 0 aromatic heterocycles. The molecule has 2 aromatic carbocycles. The Morgan fingerprint density at radius 3 is 2.44 bits per heavy atom. The molecule has 0 spiro atoms. The van der Waals surface area contributed by atoms with Gasteiger partial charge in [0, 0.05) is 6.54 Å². The number of carbonyl (C=O) groups excluding carboxylic acids is 1. The van der Waals surface area contributed by atoms with Crippen LogP contribution in [-0.2, 0) is 17.5 Å². The quantitative estimate of drug-likeness (QED) is 0.685. The average Bonchev–Trinajstić information content (AvgIpc) is 2.66. The second kappa shape index (κ2) is 9.38. The molecular formula is C19H20F3NO4. The summed E-state index contributed by atoms with van der Waals surface area (Å²) in [6, 6.07) is 13.2. The van der Waals surface area contributed by atoms with Crippen LogP contribution in [0.25, 0.3) is 0 Å². The smallest absolute Gasteiger partial charge is 0.416 e. The van der Waals surface area contributed by atoms with Crippen LogP contribution in [0.4, 0.5) is 18.0 Å². The fraction of sp³-hybridized carbons (Fsp3) is 0.316. The van der Waals surface area contributed by atoms with Crippen molar-refractivity contribution in [2.75, 3.05) is 6.54 Å². The Balaban J connectivity index is 1.78. The van der Waals surface area contributed by atoms with Gasteiger partial charge in [0.15, 0.2) is 0 Å². The normalized spacial score (nSPS) is 13.7. The molecule has 27 heavy (non-hydrogen) atoms. The van der Waals surface area contributed by atoms with E-state index in [-0.39, 0.29) is 25.1 Å². The molecule has 0 bridgehead atoms. The Morgan fingerprint density at radius 2 is 1.78 bits per heavy atom. The third-order valence-electron chi connectivity index (χ3n) is 3.84. The van der Waals surface area contributed by atoms with Crippen LogP contribution >= 0.6 is 0 Å². The third-order valence-corrected chi connectivity index (χ3v) is 3.84. The number of alkyl halides is 3. The standard InChI is InChI=1S/C19H20F3NO4/c20-19(21,22)15-8-4-7-14(11-15)17(25)16(24)9-10-23-18(26)27-12-13-5-2-1-3-6-13/h1-8,11,16-17,24-25H,9-10,12H2,(H,23,26). The lowest BCUT2D eigenvalue weighted by atomic mass is 10.00. The number of aliphatic hydroxyl groups is 2. The van der Waals surface area contributed by atoms with Crippen molar-refractivity contribution >= 4 is 6.09 Å². The highest BCUT2D eigenvalue weighted by atomic mass is 19.4. The van der Waals surface area contributed by atoms with Gasteiger partial charge >= 0.3 is 12.3 Å². The molecule has 0 aliphatic rings. The first-order chi connectivity index (χ1) is 12.8.